The highest BCUT2D eigenvalue weighted by molar-refractivity contribution is 5.58. The number of rotatable bonds is 43. The molecule has 0 aliphatic rings. The molecule has 0 N–H and O–H groups in total. The molecule has 0 bridgehead atoms. The lowest BCUT2D eigenvalue weighted by atomic mass is 9.89. The third-order valence-electron chi connectivity index (χ3n) is 12.3. The number of unbranched alkanes of at least 4 members (excludes halogenated alkanes) is 30. The second-order valence-electron chi connectivity index (χ2n) is 17.4. The zero-order valence-corrected chi connectivity index (χ0v) is 36.8. The lowest BCUT2D eigenvalue weighted by Crippen LogP contribution is -2.44. The predicted molar refractivity (Wildman–Crippen MR) is 239 cm³/mol. The molecule has 0 radical (unpaired) electrons. The minimum atomic E-state index is -0.192. The summed E-state index contributed by atoms with van der Waals surface area (Å²) in [6.07, 6.45) is 52.3. The van der Waals surface area contributed by atoms with Gasteiger partial charge >= 0.3 is 0 Å². The fourth-order valence-electron chi connectivity index (χ4n) is 8.68. The maximum Gasteiger partial charge on any atom is 0.249 e. The smallest absolute Gasteiger partial charge is 0.249 e. The van der Waals surface area contributed by atoms with Crippen molar-refractivity contribution in [2.45, 2.75) is 278 Å². The molecular weight excluding hydrogens is 647 g/mol. The minimum absolute atomic E-state index is 0.182. The second-order valence-corrected chi connectivity index (χ2v) is 17.4. The molecule has 0 aromatic heterocycles. The van der Waals surface area contributed by atoms with Gasteiger partial charge in [0.05, 0.1) is 5.69 Å². The van der Waals surface area contributed by atoms with E-state index in [4.69, 9.17) is 0 Å². The van der Waals surface area contributed by atoms with Crippen molar-refractivity contribution in [3.63, 3.8) is 0 Å². The van der Waals surface area contributed by atoms with Gasteiger partial charge in [-0.2, -0.15) is 0 Å². The number of hydrogen-bond acceptors (Lipinski definition) is 3. The van der Waals surface area contributed by atoms with Crippen LogP contribution in [0.25, 0.3) is 0 Å². The summed E-state index contributed by atoms with van der Waals surface area (Å²) in [5, 5.41) is 0. The van der Waals surface area contributed by atoms with Gasteiger partial charge in [-0.25, -0.2) is 0 Å². The molecule has 3 nitrogen and oxygen atoms in total. The zero-order chi connectivity index (χ0) is 38.5. The molecule has 0 spiro atoms. The summed E-state index contributed by atoms with van der Waals surface area (Å²) in [5.74, 6) is 0.942. The van der Waals surface area contributed by atoms with Gasteiger partial charge in [0.1, 0.15) is 0 Å². The van der Waals surface area contributed by atoms with E-state index in [1.54, 1.807) is 0 Å². The van der Waals surface area contributed by atoms with Crippen molar-refractivity contribution < 1.29 is 0 Å². The normalized spacial score (nSPS) is 11.8. The molecule has 3 heteroatoms. The van der Waals surface area contributed by atoms with Crippen molar-refractivity contribution in [2.24, 2.45) is 5.92 Å². The Morgan fingerprint density at radius 3 is 0.962 bits per heavy atom. The van der Waals surface area contributed by atoms with E-state index in [1.165, 1.54) is 218 Å². The molecule has 0 saturated heterocycles. The minimum Gasteiger partial charge on any atom is -0.368 e. The Balaban J connectivity index is 2.46. The Morgan fingerprint density at radius 2 is 0.623 bits per heavy atom. The monoisotopic (exact) mass is 742 g/mol. The maximum absolute atomic E-state index is 12.9. The third-order valence-corrected chi connectivity index (χ3v) is 12.3. The van der Waals surface area contributed by atoms with Crippen LogP contribution in [-0.4, -0.2) is 13.1 Å². The highest BCUT2D eigenvalue weighted by atomic mass is 16.2. The molecule has 312 valence electrons. The van der Waals surface area contributed by atoms with Crippen LogP contribution in [0.5, 0.6) is 0 Å². The topological polar surface area (TPSA) is 37.4 Å². The van der Waals surface area contributed by atoms with Crippen LogP contribution < -0.4 is 15.8 Å². The van der Waals surface area contributed by atoms with Crippen LogP contribution in [0.2, 0.25) is 0 Å². The first-order chi connectivity index (χ1) is 26.1. The molecule has 0 amide bonds. The molecule has 0 saturated carbocycles. The summed E-state index contributed by atoms with van der Waals surface area (Å²) >= 11 is 0. The van der Waals surface area contributed by atoms with Gasteiger partial charge in [-0.3, -0.25) is 9.59 Å². The molecule has 0 fully saturated rings. The first-order valence-electron chi connectivity index (χ1n) is 24.7. The van der Waals surface area contributed by atoms with E-state index in [0.29, 0.717) is 0 Å². The largest absolute Gasteiger partial charge is 0.368 e. The van der Waals surface area contributed by atoms with E-state index in [1.807, 2.05) is 0 Å². The number of anilines is 1. The molecule has 53 heavy (non-hydrogen) atoms. The Hall–Kier alpha value is -1.12. The lowest BCUT2D eigenvalue weighted by Gasteiger charge is -2.28. The molecule has 0 unspecified atom stereocenters. The summed E-state index contributed by atoms with van der Waals surface area (Å²) in [6.45, 7) is 11.0. The zero-order valence-electron chi connectivity index (χ0n) is 36.8. The van der Waals surface area contributed by atoms with Crippen LogP contribution >= 0.6 is 0 Å². The van der Waals surface area contributed by atoms with Gasteiger partial charge in [0.25, 0.3) is 0 Å². The van der Waals surface area contributed by atoms with Crippen LogP contribution in [0.15, 0.2) is 9.59 Å². The fourth-order valence-corrected chi connectivity index (χ4v) is 8.68. The Morgan fingerprint density at radius 1 is 0.340 bits per heavy atom. The van der Waals surface area contributed by atoms with E-state index in [9.17, 15) is 9.59 Å². The first-order valence-corrected chi connectivity index (χ1v) is 24.7. The van der Waals surface area contributed by atoms with Gasteiger partial charge in [-0.1, -0.05) is 252 Å². The van der Waals surface area contributed by atoms with E-state index >= 15 is 0 Å². The molecule has 0 heterocycles. The van der Waals surface area contributed by atoms with Crippen LogP contribution in [0.4, 0.5) is 5.69 Å². The van der Waals surface area contributed by atoms with Crippen LogP contribution in [0.1, 0.15) is 277 Å². The van der Waals surface area contributed by atoms with Gasteiger partial charge in [0.15, 0.2) is 0 Å². The maximum atomic E-state index is 12.9. The fraction of sp³-hybridized carbons (Fsp3) is 0.920. The summed E-state index contributed by atoms with van der Waals surface area (Å²) in [4.78, 5) is 27.9. The standard InChI is InChI=1S/C50H95NO2/c1-5-9-13-17-20-21-22-23-24-25-26-27-32-38-44-51(48-47(49(52)50(48)53)43-37-16-12-8-4)45-39-33-28-31-36-42-46(40-34-29-18-14-10-6-2)41-35-30-19-15-11-7-3/h46H,5-45H2,1-4H3. The van der Waals surface area contributed by atoms with E-state index < -0.39 is 0 Å². The molecule has 1 rings (SSSR count). The van der Waals surface area contributed by atoms with Gasteiger partial charge in [-0.15, -0.1) is 0 Å². The van der Waals surface area contributed by atoms with E-state index in [0.717, 1.165) is 62.4 Å². The average Bonchev–Trinajstić information content (AvgIpc) is 3.17. The highest BCUT2D eigenvalue weighted by Crippen LogP contribution is 2.25. The lowest BCUT2D eigenvalue weighted by molar-refractivity contribution is 0.365. The van der Waals surface area contributed by atoms with Gasteiger partial charge in [0.2, 0.25) is 10.9 Å². The first kappa shape index (κ1) is 49.9. The van der Waals surface area contributed by atoms with Gasteiger partial charge in [0, 0.05) is 18.7 Å². The van der Waals surface area contributed by atoms with Crippen molar-refractivity contribution in [3.05, 3.63) is 26.0 Å². The molecule has 0 aliphatic heterocycles. The van der Waals surface area contributed by atoms with Gasteiger partial charge in [-0.05, 0) is 31.6 Å². The van der Waals surface area contributed by atoms with Crippen molar-refractivity contribution >= 4 is 5.69 Å². The summed E-state index contributed by atoms with van der Waals surface area (Å²) in [6, 6.07) is 0. The quantitative estimate of drug-likeness (QED) is 0.0494. The van der Waals surface area contributed by atoms with Crippen molar-refractivity contribution in [3.8, 4) is 0 Å². The van der Waals surface area contributed by atoms with Gasteiger partial charge < -0.3 is 4.90 Å². The molecule has 0 atom stereocenters. The molecule has 1 aromatic carbocycles. The van der Waals surface area contributed by atoms with E-state index in [-0.39, 0.29) is 10.9 Å². The predicted octanol–water partition coefficient (Wildman–Crippen LogP) is 16.2. The average molecular weight is 742 g/mol. The summed E-state index contributed by atoms with van der Waals surface area (Å²) < 4.78 is 0. The van der Waals surface area contributed by atoms with Crippen LogP contribution in [0.3, 0.4) is 0 Å². The van der Waals surface area contributed by atoms with Crippen LogP contribution in [-0.2, 0) is 6.42 Å². The second kappa shape index (κ2) is 37.8. The van der Waals surface area contributed by atoms with Crippen LogP contribution in [0, 0.1) is 5.92 Å². The highest BCUT2D eigenvalue weighted by Gasteiger charge is 2.25. The van der Waals surface area contributed by atoms with E-state index in [2.05, 4.69) is 32.6 Å². The number of hydrogen-bond donors (Lipinski definition) is 0. The Bertz CT molecular complexity index is 945. The number of nitrogens with zero attached hydrogens (tertiary/aromatic N) is 1. The molecule has 0 aliphatic carbocycles. The summed E-state index contributed by atoms with van der Waals surface area (Å²) in [5.41, 5.74) is 1.30. The molecule has 1 aromatic rings. The Labute approximate surface area is 332 Å². The molecular formula is C50H95NO2. The Kier molecular flexibility index (Phi) is 35.6. The van der Waals surface area contributed by atoms with Crippen molar-refractivity contribution in [2.75, 3.05) is 18.0 Å². The van der Waals surface area contributed by atoms with Crippen molar-refractivity contribution in [1.82, 2.24) is 0 Å². The SMILES string of the molecule is CCCCCCCCCCCCCCCCN(CCCCCCCC(CCCCCCCC)CCCCCCCC)c1c(CCCCCC)c(=O)c1=O. The third kappa shape index (κ3) is 27.2. The van der Waals surface area contributed by atoms with Crippen molar-refractivity contribution in [1.29, 1.82) is 0 Å². The summed E-state index contributed by atoms with van der Waals surface area (Å²) in [7, 11) is 0.